The molecule has 0 unspecified atom stereocenters. The monoisotopic (exact) mass is 289 g/mol. The molecule has 0 aliphatic carbocycles. The summed E-state index contributed by atoms with van der Waals surface area (Å²) in [5.74, 6) is -1.54. The van der Waals surface area contributed by atoms with E-state index in [0.29, 0.717) is 13.1 Å². The summed E-state index contributed by atoms with van der Waals surface area (Å²) >= 11 is 0. The van der Waals surface area contributed by atoms with Crippen molar-refractivity contribution in [3.8, 4) is 5.75 Å². The predicted molar refractivity (Wildman–Crippen MR) is 74.4 cm³/mol. The van der Waals surface area contributed by atoms with Crippen LogP contribution in [0.15, 0.2) is 30.7 Å². The first-order valence-corrected chi connectivity index (χ1v) is 6.30. The number of carboxylic acid groups (broad SMARTS) is 1. The van der Waals surface area contributed by atoms with E-state index in [4.69, 9.17) is 5.11 Å². The van der Waals surface area contributed by atoms with Gasteiger partial charge in [0, 0.05) is 19.3 Å². The zero-order valence-electron chi connectivity index (χ0n) is 11.4. The molecule has 0 fully saturated rings. The highest BCUT2D eigenvalue weighted by Gasteiger charge is 2.11. The number of imidazole rings is 1. The Bertz CT molecular complexity index is 679. The Morgan fingerprint density at radius 2 is 2.14 bits per heavy atom. The fourth-order valence-electron chi connectivity index (χ4n) is 1.82. The van der Waals surface area contributed by atoms with E-state index in [9.17, 15) is 14.7 Å². The van der Waals surface area contributed by atoms with Crippen molar-refractivity contribution in [2.75, 3.05) is 6.54 Å². The van der Waals surface area contributed by atoms with Crippen molar-refractivity contribution >= 4 is 11.9 Å². The molecule has 2 rings (SSSR count). The molecule has 2 aromatic rings. The number of aromatic hydroxyl groups is 1. The van der Waals surface area contributed by atoms with Crippen molar-refractivity contribution in [3.63, 3.8) is 0 Å². The number of aryl methyl sites for hydroxylation is 1. The summed E-state index contributed by atoms with van der Waals surface area (Å²) in [6, 6.07) is 4.81. The largest absolute Gasteiger partial charge is 0.507 e. The fraction of sp³-hybridized carbons (Fsp3) is 0.214. The quantitative estimate of drug-likeness (QED) is 0.762. The van der Waals surface area contributed by atoms with E-state index in [2.05, 4.69) is 10.3 Å². The SMILES string of the molecule is Cc1ccc(C(=O)NCCn2cnc(C(=O)O)c2)c(O)c1. The van der Waals surface area contributed by atoms with Crippen molar-refractivity contribution in [2.24, 2.45) is 0 Å². The van der Waals surface area contributed by atoms with Crippen LogP contribution in [0.2, 0.25) is 0 Å². The summed E-state index contributed by atoms with van der Waals surface area (Å²) in [5, 5.41) is 21.1. The van der Waals surface area contributed by atoms with Crippen molar-refractivity contribution in [3.05, 3.63) is 47.5 Å². The molecule has 7 heteroatoms. The van der Waals surface area contributed by atoms with Crippen LogP contribution in [0.3, 0.4) is 0 Å². The zero-order chi connectivity index (χ0) is 15.4. The van der Waals surface area contributed by atoms with Crippen LogP contribution in [-0.4, -0.2) is 38.2 Å². The molecule has 1 aromatic carbocycles. The minimum Gasteiger partial charge on any atom is -0.507 e. The van der Waals surface area contributed by atoms with E-state index in [0.717, 1.165) is 5.56 Å². The summed E-state index contributed by atoms with van der Waals surface area (Å²) in [5.41, 5.74) is 1.03. The van der Waals surface area contributed by atoms with E-state index in [1.165, 1.54) is 18.6 Å². The van der Waals surface area contributed by atoms with Crippen LogP contribution in [0.25, 0.3) is 0 Å². The summed E-state index contributed by atoms with van der Waals surface area (Å²) in [4.78, 5) is 26.3. The molecule has 0 saturated heterocycles. The zero-order valence-corrected chi connectivity index (χ0v) is 11.4. The highest BCUT2D eigenvalue weighted by Crippen LogP contribution is 2.17. The number of nitrogens with zero attached hydrogens (tertiary/aromatic N) is 2. The Morgan fingerprint density at radius 1 is 1.38 bits per heavy atom. The number of phenolic OH excluding ortho intramolecular Hbond substituents is 1. The lowest BCUT2D eigenvalue weighted by atomic mass is 10.1. The van der Waals surface area contributed by atoms with Gasteiger partial charge in [-0.15, -0.1) is 0 Å². The highest BCUT2D eigenvalue weighted by atomic mass is 16.4. The number of rotatable bonds is 5. The number of aromatic nitrogens is 2. The van der Waals surface area contributed by atoms with Crippen LogP contribution in [0.4, 0.5) is 0 Å². The Balaban J connectivity index is 1.90. The average Bonchev–Trinajstić information content (AvgIpc) is 2.87. The van der Waals surface area contributed by atoms with Gasteiger partial charge in [0.05, 0.1) is 11.9 Å². The molecule has 110 valence electrons. The molecule has 0 atom stereocenters. The van der Waals surface area contributed by atoms with Gasteiger partial charge >= 0.3 is 5.97 Å². The Kier molecular flexibility index (Phi) is 4.22. The summed E-state index contributed by atoms with van der Waals surface area (Å²) in [6.07, 6.45) is 2.77. The van der Waals surface area contributed by atoms with Gasteiger partial charge in [-0.3, -0.25) is 4.79 Å². The van der Waals surface area contributed by atoms with Crippen molar-refractivity contribution in [1.82, 2.24) is 14.9 Å². The van der Waals surface area contributed by atoms with E-state index >= 15 is 0 Å². The van der Waals surface area contributed by atoms with Gasteiger partial charge in [0.1, 0.15) is 5.75 Å². The molecule has 1 heterocycles. The summed E-state index contributed by atoms with van der Waals surface area (Å²) in [7, 11) is 0. The first-order valence-electron chi connectivity index (χ1n) is 6.30. The molecule has 1 amide bonds. The minimum atomic E-state index is -1.10. The van der Waals surface area contributed by atoms with Crippen LogP contribution < -0.4 is 5.32 Å². The third-order valence-corrected chi connectivity index (χ3v) is 2.91. The van der Waals surface area contributed by atoms with E-state index in [1.54, 1.807) is 16.7 Å². The van der Waals surface area contributed by atoms with Gasteiger partial charge in [-0.2, -0.15) is 0 Å². The third kappa shape index (κ3) is 3.59. The summed E-state index contributed by atoms with van der Waals surface area (Å²) < 4.78 is 1.57. The van der Waals surface area contributed by atoms with Gasteiger partial charge < -0.3 is 20.1 Å². The number of hydrogen-bond donors (Lipinski definition) is 3. The molecule has 0 saturated carbocycles. The van der Waals surface area contributed by atoms with Crippen LogP contribution in [-0.2, 0) is 6.54 Å². The van der Waals surface area contributed by atoms with Crippen LogP contribution in [0.5, 0.6) is 5.75 Å². The number of carbonyl (C=O) groups excluding carboxylic acids is 1. The maximum Gasteiger partial charge on any atom is 0.356 e. The second-order valence-electron chi connectivity index (χ2n) is 4.58. The number of nitrogens with one attached hydrogen (secondary N) is 1. The predicted octanol–water partition coefficient (Wildman–Crippen LogP) is 1.03. The number of carboxylic acids is 1. The van der Waals surface area contributed by atoms with Crippen LogP contribution >= 0.6 is 0 Å². The number of hydrogen-bond acceptors (Lipinski definition) is 4. The average molecular weight is 289 g/mol. The molecule has 0 spiro atoms. The van der Waals surface area contributed by atoms with E-state index in [1.807, 2.05) is 6.92 Å². The molecule has 21 heavy (non-hydrogen) atoms. The number of amides is 1. The summed E-state index contributed by atoms with van der Waals surface area (Å²) in [6.45, 7) is 2.50. The van der Waals surface area contributed by atoms with Crippen molar-refractivity contribution in [1.29, 1.82) is 0 Å². The second kappa shape index (κ2) is 6.08. The van der Waals surface area contributed by atoms with Crippen molar-refractivity contribution < 1.29 is 19.8 Å². The molecule has 1 aromatic heterocycles. The normalized spacial score (nSPS) is 10.3. The van der Waals surface area contributed by atoms with Gasteiger partial charge in [-0.1, -0.05) is 6.07 Å². The Morgan fingerprint density at radius 3 is 2.76 bits per heavy atom. The first kappa shape index (κ1) is 14.6. The van der Waals surface area contributed by atoms with Gasteiger partial charge in [0.25, 0.3) is 5.91 Å². The molecular weight excluding hydrogens is 274 g/mol. The van der Waals surface area contributed by atoms with E-state index in [-0.39, 0.29) is 22.9 Å². The number of benzene rings is 1. The smallest absolute Gasteiger partial charge is 0.356 e. The first-order chi connectivity index (χ1) is 9.97. The van der Waals surface area contributed by atoms with Gasteiger partial charge in [0.2, 0.25) is 0 Å². The maximum absolute atomic E-state index is 11.9. The number of carbonyl (C=O) groups is 2. The van der Waals surface area contributed by atoms with Crippen LogP contribution in [0.1, 0.15) is 26.4 Å². The fourth-order valence-corrected chi connectivity index (χ4v) is 1.82. The number of aromatic carboxylic acids is 1. The molecule has 0 radical (unpaired) electrons. The lowest BCUT2D eigenvalue weighted by Gasteiger charge is -2.07. The maximum atomic E-state index is 11.9. The second-order valence-corrected chi connectivity index (χ2v) is 4.58. The third-order valence-electron chi connectivity index (χ3n) is 2.91. The Labute approximate surface area is 120 Å². The molecule has 0 aliphatic heterocycles. The number of phenols is 1. The standard InChI is InChI=1S/C14H15N3O4/c1-9-2-3-10(12(18)6-9)13(19)15-4-5-17-7-11(14(20)21)16-8-17/h2-3,6-8,18H,4-5H2,1H3,(H,15,19)(H,20,21). The molecule has 0 bridgehead atoms. The molecule has 0 aliphatic rings. The Hall–Kier alpha value is -2.83. The molecule has 3 N–H and O–H groups in total. The topological polar surface area (TPSA) is 104 Å². The van der Waals surface area contributed by atoms with Gasteiger partial charge in [-0.25, -0.2) is 9.78 Å². The highest BCUT2D eigenvalue weighted by molar-refractivity contribution is 5.96. The van der Waals surface area contributed by atoms with Crippen LogP contribution in [0, 0.1) is 6.92 Å². The lowest BCUT2D eigenvalue weighted by Crippen LogP contribution is -2.27. The van der Waals surface area contributed by atoms with Gasteiger partial charge in [0.15, 0.2) is 5.69 Å². The van der Waals surface area contributed by atoms with Crippen molar-refractivity contribution in [2.45, 2.75) is 13.5 Å². The lowest BCUT2D eigenvalue weighted by molar-refractivity contribution is 0.0690. The van der Waals surface area contributed by atoms with Gasteiger partial charge in [-0.05, 0) is 24.6 Å². The molecule has 7 nitrogen and oxygen atoms in total. The molecular formula is C14H15N3O4. The minimum absolute atomic E-state index is 0.0440. The van der Waals surface area contributed by atoms with E-state index < -0.39 is 5.97 Å².